The van der Waals surface area contributed by atoms with Crippen molar-refractivity contribution in [1.29, 1.82) is 0 Å². The zero-order valence-corrected chi connectivity index (χ0v) is 12.5. The summed E-state index contributed by atoms with van der Waals surface area (Å²) in [7, 11) is 0. The number of nitrogens with one attached hydrogen (secondary N) is 2. The fourth-order valence-electron chi connectivity index (χ4n) is 2.90. The second-order valence-corrected chi connectivity index (χ2v) is 5.78. The van der Waals surface area contributed by atoms with Gasteiger partial charge in [-0.2, -0.15) is 0 Å². The van der Waals surface area contributed by atoms with Gasteiger partial charge in [-0.05, 0) is 38.8 Å². The highest BCUT2D eigenvalue weighted by Gasteiger charge is 2.38. The number of rotatable bonds is 4. The van der Waals surface area contributed by atoms with Crippen LogP contribution in [0.2, 0.25) is 0 Å². The van der Waals surface area contributed by atoms with E-state index in [-0.39, 0.29) is 5.91 Å². The molecule has 1 saturated heterocycles. The van der Waals surface area contributed by atoms with Gasteiger partial charge in [0.2, 0.25) is 5.91 Å². The predicted octanol–water partition coefficient (Wildman–Crippen LogP) is 2.92. The number of carbonyl (C=O) groups excluding carboxylic acids is 1. The van der Waals surface area contributed by atoms with Crippen LogP contribution in [0.15, 0.2) is 18.2 Å². The molecule has 3 nitrogen and oxygen atoms in total. The number of halogens is 2. The maximum absolute atomic E-state index is 13.8. The minimum Gasteiger partial charge on any atom is -0.349 e. The summed E-state index contributed by atoms with van der Waals surface area (Å²) in [5.41, 5.74) is -0.122. The van der Waals surface area contributed by atoms with Crippen molar-refractivity contribution in [3.05, 3.63) is 35.4 Å². The molecule has 1 aliphatic heterocycles. The maximum atomic E-state index is 13.8. The molecule has 0 bridgehead atoms. The highest BCUT2D eigenvalue weighted by Crippen LogP contribution is 2.31. The van der Waals surface area contributed by atoms with Crippen molar-refractivity contribution in [2.45, 2.75) is 39.2 Å². The first-order valence-corrected chi connectivity index (χ1v) is 7.45. The average Bonchev–Trinajstić information content (AvgIpc) is 2.47. The van der Waals surface area contributed by atoms with Crippen molar-refractivity contribution in [1.82, 2.24) is 10.6 Å². The Morgan fingerprint density at radius 2 is 2.24 bits per heavy atom. The van der Waals surface area contributed by atoms with Crippen LogP contribution in [0.4, 0.5) is 8.78 Å². The van der Waals surface area contributed by atoms with Gasteiger partial charge in [-0.25, -0.2) is 8.78 Å². The van der Waals surface area contributed by atoms with Crippen LogP contribution in [0.5, 0.6) is 0 Å². The van der Waals surface area contributed by atoms with Gasteiger partial charge in [0, 0.05) is 18.2 Å². The molecule has 21 heavy (non-hydrogen) atoms. The average molecular weight is 296 g/mol. The van der Waals surface area contributed by atoms with E-state index < -0.39 is 23.1 Å². The van der Waals surface area contributed by atoms with Crippen LogP contribution in [-0.4, -0.2) is 19.0 Å². The standard InChI is InChI=1S/C16H22F2N2O/c1-3-16(7-4-8-19-10-16)15(21)20-11(2)13-6-5-12(17)9-14(13)18/h5-6,9,11,19H,3-4,7-8,10H2,1-2H3,(H,20,21). The van der Waals surface area contributed by atoms with Crippen LogP contribution < -0.4 is 10.6 Å². The lowest BCUT2D eigenvalue weighted by Gasteiger charge is -2.36. The van der Waals surface area contributed by atoms with Crippen LogP contribution in [0.25, 0.3) is 0 Å². The van der Waals surface area contributed by atoms with Crippen LogP contribution >= 0.6 is 0 Å². The molecule has 0 radical (unpaired) electrons. The summed E-state index contributed by atoms with van der Waals surface area (Å²) >= 11 is 0. The third-order valence-corrected chi connectivity index (χ3v) is 4.41. The van der Waals surface area contributed by atoms with E-state index in [9.17, 15) is 13.6 Å². The highest BCUT2D eigenvalue weighted by molar-refractivity contribution is 5.83. The van der Waals surface area contributed by atoms with E-state index in [2.05, 4.69) is 10.6 Å². The molecule has 5 heteroatoms. The Bertz CT molecular complexity index is 513. The first kappa shape index (κ1) is 15.9. The predicted molar refractivity (Wildman–Crippen MR) is 77.7 cm³/mol. The summed E-state index contributed by atoms with van der Waals surface area (Å²) in [6.45, 7) is 5.29. The van der Waals surface area contributed by atoms with Crippen LogP contribution in [0.3, 0.4) is 0 Å². The molecule has 1 aromatic rings. The van der Waals surface area contributed by atoms with Gasteiger partial charge in [0.25, 0.3) is 0 Å². The fraction of sp³-hybridized carbons (Fsp3) is 0.562. The van der Waals surface area contributed by atoms with E-state index in [1.54, 1.807) is 6.92 Å². The lowest BCUT2D eigenvalue weighted by atomic mass is 9.77. The Morgan fingerprint density at radius 1 is 1.48 bits per heavy atom. The summed E-state index contributed by atoms with van der Waals surface area (Å²) < 4.78 is 26.7. The highest BCUT2D eigenvalue weighted by atomic mass is 19.1. The number of hydrogen-bond acceptors (Lipinski definition) is 2. The van der Waals surface area contributed by atoms with Crippen LogP contribution in [0.1, 0.15) is 44.7 Å². The third kappa shape index (κ3) is 3.40. The molecule has 1 heterocycles. The topological polar surface area (TPSA) is 41.1 Å². The molecule has 1 amide bonds. The quantitative estimate of drug-likeness (QED) is 0.897. The molecule has 2 unspecified atom stereocenters. The second kappa shape index (κ2) is 6.52. The third-order valence-electron chi connectivity index (χ3n) is 4.41. The molecule has 0 aromatic heterocycles. The Hall–Kier alpha value is -1.49. The zero-order valence-electron chi connectivity index (χ0n) is 12.5. The molecule has 0 aliphatic carbocycles. The molecule has 2 rings (SSSR count). The minimum absolute atomic E-state index is 0.0616. The van der Waals surface area contributed by atoms with Crippen molar-refractivity contribution in [3.63, 3.8) is 0 Å². The fourth-order valence-corrected chi connectivity index (χ4v) is 2.90. The first-order chi connectivity index (χ1) is 9.98. The Kier molecular flexibility index (Phi) is 4.93. The first-order valence-electron chi connectivity index (χ1n) is 7.45. The van der Waals surface area contributed by atoms with E-state index in [4.69, 9.17) is 0 Å². The number of benzene rings is 1. The van der Waals surface area contributed by atoms with E-state index in [0.29, 0.717) is 12.1 Å². The molecule has 2 atom stereocenters. The normalized spacial score (nSPS) is 23.6. The Labute approximate surface area is 124 Å². The maximum Gasteiger partial charge on any atom is 0.227 e. The van der Waals surface area contributed by atoms with Crippen LogP contribution in [0, 0.1) is 17.0 Å². The van der Waals surface area contributed by atoms with Gasteiger partial charge in [-0.3, -0.25) is 4.79 Å². The van der Waals surface area contributed by atoms with Crippen molar-refractivity contribution in [3.8, 4) is 0 Å². The molecule has 1 fully saturated rings. The summed E-state index contributed by atoms with van der Waals surface area (Å²) in [6.07, 6.45) is 2.53. The largest absolute Gasteiger partial charge is 0.349 e. The van der Waals surface area contributed by atoms with E-state index in [0.717, 1.165) is 31.9 Å². The Balaban J connectivity index is 2.10. The Morgan fingerprint density at radius 3 is 2.81 bits per heavy atom. The van der Waals surface area contributed by atoms with Gasteiger partial charge in [0.1, 0.15) is 11.6 Å². The van der Waals surface area contributed by atoms with Gasteiger partial charge in [-0.1, -0.05) is 13.0 Å². The summed E-state index contributed by atoms with van der Waals surface area (Å²) in [6, 6.07) is 2.95. The van der Waals surface area contributed by atoms with Crippen molar-refractivity contribution in [2.24, 2.45) is 5.41 Å². The second-order valence-electron chi connectivity index (χ2n) is 5.78. The van der Waals surface area contributed by atoms with E-state index in [1.807, 2.05) is 6.92 Å². The molecule has 0 saturated carbocycles. The molecular weight excluding hydrogens is 274 g/mol. The SMILES string of the molecule is CCC1(C(=O)NC(C)c2ccc(F)cc2F)CCCNC1. The summed E-state index contributed by atoms with van der Waals surface area (Å²) in [5.74, 6) is -1.31. The number of hydrogen-bond donors (Lipinski definition) is 2. The molecule has 2 N–H and O–H groups in total. The molecule has 1 aromatic carbocycles. The van der Waals surface area contributed by atoms with Gasteiger partial charge in [0.15, 0.2) is 0 Å². The van der Waals surface area contributed by atoms with Crippen LogP contribution in [-0.2, 0) is 4.79 Å². The van der Waals surface area contributed by atoms with Gasteiger partial charge < -0.3 is 10.6 Å². The molecule has 1 aliphatic rings. The zero-order chi connectivity index (χ0) is 15.5. The minimum atomic E-state index is -0.630. The number of piperidine rings is 1. The lowest BCUT2D eigenvalue weighted by Crippen LogP contribution is -2.50. The number of amides is 1. The summed E-state index contributed by atoms with van der Waals surface area (Å²) in [4.78, 5) is 12.6. The van der Waals surface area contributed by atoms with Gasteiger partial charge >= 0.3 is 0 Å². The van der Waals surface area contributed by atoms with E-state index in [1.165, 1.54) is 12.1 Å². The van der Waals surface area contributed by atoms with E-state index >= 15 is 0 Å². The van der Waals surface area contributed by atoms with Crippen molar-refractivity contribution < 1.29 is 13.6 Å². The van der Waals surface area contributed by atoms with Crippen molar-refractivity contribution in [2.75, 3.05) is 13.1 Å². The monoisotopic (exact) mass is 296 g/mol. The van der Waals surface area contributed by atoms with Gasteiger partial charge in [0.05, 0.1) is 11.5 Å². The lowest BCUT2D eigenvalue weighted by molar-refractivity contribution is -0.133. The number of carbonyl (C=O) groups is 1. The van der Waals surface area contributed by atoms with Gasteiger partial charge in [-0.15, -0.1) is 0 Å². The molecule has 0 spiro atoms. The van der Waals surface area contributed by atoms with Crippen molar-refractivity contribution >= 4 is 5.91 Å². The smallest absolute Gasteiger partial charge is 0.227 e. The molecular formula is C16H22F2N2O. The summed E-state index contributed by atoms with van der Waals surface area (Å²) in [5, 5.41) is 6.13. The molecule has 116 valence electrons.